The minimum atomic E-state index is -0.149. The van der Waals surface area contributed by atoms with Gasteiger partial charge in [-0.1, -0.05) is 174 Å². The van der Waals surface area contributed by atoms with Crippen LogP contribution in [0.4, 0.5) is 0 Å². The van der Waals surface area contributed by atoms with Gasteiger partial charge in [0, 0.05) is 27.7 Å². The number of rotatable bonds is 3. The van der Waals surface area contributed by atoms with Crippen molar-refractivity contribution < 1.29 is 0 Å². The highest BCUT2D eigenvalue weighted by atomic mass is 14.5. The fraction of sp³-hybridized carbons (Fsp3) is 0.153. The van der Waals surface area contributed by atoms with Gasteiger partial charge < -0.3 is 0 Å². The summed E-state index contributed by atoms with van der Waals surface area (Å²) in [5, 5.41) is 10.0. The summed E-state index contributed by atoms with van der Waals surface area (Å²) in [6.07, 6.45) is 4.94. The minimum Gasteiger partial charge on any atom is -0.0758 e. The van der Waals surface area contributed by atoms with E-state index in [0.717, 1.165) is 5.39 Å². The molecule has 59 heavy (non-hydrogen) atoms. The first kappa shape index (κ1) is 34.4. The summed E-state index contributed by atoms with van der Waals surface area (Å²) >= 11 is 0. The van der Waals surface area contributed by atoms with Gasteiger partial charge in [-0.3, -0.25) is 0 Å². The van der Waals surface area contributed by atoms with Crippen LogP contribution in [0.3, 0.4) is 0 Å². The van der Waals surface area contributed by atoms with Crippen molar-refractivity contribution in [3.8, 4) is 33.4 Å². The highest BCUT2D eigenvalue weighted by Crippen LogP contribution is 2.57. The molecule has 0 N–H and O–H groups in total. The molecule has 280 valence electrons. The van der Waals surface area contributed by atoms with E-state index in [1.54, 1.807) is 5.57 Å². The van der Waals surface area contributed by atoms with Crippen molar-refractivity contribution in [2.45, 2.75) is 51.4 Å². The number of allylic oxidation sites excluding steroid dienone is 4. The van der Waals surface area contributed by atoms with E-state index in [2.05, 4.69) is 204 Å². The van der Waals surface area contributed by atoms with Gasteiger partial charge in [0.05, 0.1) is 0 Å². The van der Waals surface area contributed by atoms with E-state index >= 15 is 0 Å². The van der Waals surface area contributed by atoms with Gasteiger partial charge >= 0.3 is 0 Å². The molecule has 0 bridgehead atoms. The molecule has 3 aliphatic rings. The molecule has 0 nitrogen and oxygen atoms in total. The van der Waals surface area contributed by atoms with Crippen LogP contribution < -0.4 is 0 Å². The molecule has 0 saturated carbocycles. The number of benzene rings is 8. The molecule has 0 heteroatoms. The highest BCUT2D eigenvalue weighted by Gasteiger charge is 2.44. The quantitative estimate of drug-likeness (QED) is 0.158. The normalized spacial score (nSPS) is 18.3. The van der Waals surface area contributed by atoms with Gasteiger partial charge in [0.1, 0.15) is 0 Å². The molecule has 9 aromatic carbocycles. The molecule has 0 aliphatic heterocycles. The van der Waals surface area contributed by atoms with E-state index in [0.29, 0.717) is 5.92 Å². The van der Waals surface area contributed by atoms with Crippen molar-refractivity contribution in [2.24, 2.45) is 5.92 Å². The van der Waals surface area contributed by atoms with Crippen LogP contribution in [0.5, 0.6) is 0 Å². The van der Waals surface area contributed by atoms with Crippen molar-refractivity contribution in [1.29, 1.82) is 0 Å². The lowest BCUT2D eigenvalue weighted by Crippen LogP contribution is -2.26. The third-order valence-electron chi connectivity index (χ3n) is 14.5. The Bertz CT molecular complexity index is 3240. The predicted octanol–water partition coefficient (Wildman–Crippen LogP) is 15.6. The van der Waals surface area contributed by atoms with Crippen LogP contribution >= 0.6 is 0 Å². The molecule has 0 saturated heterocycles. The number of hydrogen-bond donors (Lipinski definition) is 0. The zero-order valence-electron chi connectivity index (χ0n) is 34.2. The van der Waals surface area contributed by atoms with Crippen LogP contribution in [0.2, 0.25) is 0 Å². The largest absolute Gasteiger partial charge is 0.0758 e. The lowest BCUT2D eigenvalue weighted by Gasteiger charge is -2.35. The first-order valence-corrected chi connectivity index (χ1v) is 21.2. The molecule has 0 amide bonds. The van der Waals surface area contributed by atoms with Gasteiger partial charge in [-0.15, -0.1) is 0 Å². The Morgan fingerprint density at radius 3 is 1.71 bits per heavy atom. The summed E-state index contributed by atoms with van der Waals surface area (Å²) in [6, 6.07) is 63.7. The average molecular weight is 753 g/mol. The van der Waals surface area contributed by atoms with Crippen LogP contribution in [0.25, 0.3) is 82.0 Å². The fourth-order valence-corrected chi connectivity index (χ4v) is 11.6. The maximum absolute atomic E-state index is 3.48. The summed E-state index contributed by atoms with van der Waals surface area (Å²) in [4.78, 5) is 0. The van der Waals surface area contributed by atoms with Crippen LogP contribution in [-0.2, 0) is 10.8 Å². The van der Waals surface area contributed by atoms with Crippen LogP contribution in [0.1, 0.15) is 68.4 Å². The summed E-state index contributed by atoms with van der Waals surface area (Å²) in [7, 11) is 0. The Labute approximate surface area is 347 Å². The second-order valence-corrected chi connectivity index (χ2v) is 18.3. The Balaban J connectivity index is 0.907. The first-order valence-electron chi connectivity index (χ1n) is 21.2. The van der Waals surface area contributed by atoms with Gasteiger partial charge in [0.15, 0.2) is 0 Å². The monoisotopic (exact) mass is 752 g/mol. The van der Waals surface area contributed by atoms with Gasteiger partial charge in [0.25, 0.3) is 0 Å². The molecule has 0 spiro atoms. The summed E-state index contributed by atoms with van der Waals surface area (Å²) in [6.45, 7) is 12.2. The summed E-state index contributed by atoms with van der Waals surface area (Å²) in [5.74, 6) is 0.640. The molecule has 0 aromatic heterocycles. The molecular formula is C59H44. The SMILES string of the molecule is CC1C2=C(C=CC1c1ccc3c(c1)C(C)(C)c1cc(-c4c5c#cccc5cc5ccccc45)ccc1-3)c1ccc(-c3c4ccccc4cc4ccccc34)cc1C2(C)C. The Morgan fingerprint density at radius 2 is 1.03 bits per heavy atom. The van der Waals surface area contributed by atoms with E-state index in [1.807, 2.05) is 6.07 Å². The minimum absolute atomic E-state index is 0.104. The van der Waals surface area contributed by atoms with Gasteiger partial charge in [-0.25, -0.2) is 0 Å². The maximum atomic E-state index is 3.48. The molecule has 2 atom stereocenters. The maximum Gasteiger partial charge on any atom is 0.0406 e. The van der Waals surface area contributed by atoms with Crippen LogP contribution in [0.15, 0.2) is 169 Å². The zero-order valence-corrected chi connectivity index (χ0v) is 34.2. The van der Waals surface area contributed by atoms with Gasteiger partial charge in [-0.2, -0.15) is 0 Å². The zero-order chi connectivity index (χ0) is 39.8. The Hall–Kier alpha value is -6.68. The van der Waals surface area contributed by atoms with Crippen LogP contribution in [0, 0.1) is 18.1 Å². The van der Waals surface area contributed by atoms with Crippen molar-refractivity contribution in [3.63, 3.8) is 0 Å². The topological polar surface area (TPSA) is 0 Å². The molecule has 0 radical (unpaired) electrons. The second-order valence-electron chi connectivity index (χ2n) is 18.3. The van der Waals surface area contributed by atoms with Gasteiger partial charge in [0.2, 0.25) is 0 Å². The standard InChI is InChI=1S/C59H44/c1-35-43(28-29-51-50-27-24-42(34-54(50)59(4,5)57(35)51)56-46-20-12-8-16-38(46)31-39-17-9-13-21-47(39)56)40-22-25-48-49-26-23-41(33-53(49)58(2,3)52(48)32-40)55-44-18-10-6-14-36(44)30-37-15-7-11-19-45(37)55/h6-10,12-18,20-35,43H,1-5H3. The van der Waals surface area contributed by atoms with E-state index in [-0.39, 0.29) is 16.7 Å². The molecule has 3 aliphatic carbocycles. The Kier molecular flexibility index (Phi) is 7.09. The molecule has 0 heterocycles. The van der Waals surface area contributed by atoms with Crippen molar-refractivity contribution in [3.05, 3.63) is 209 Å². The van der Waals surface area contributed by atoms with E-state index in [4.69, 9.17) is 0 Å². The predicted molar refractivity (Wildman–Crippen MR) is 250 cm³/mol. The fourth-order valence-electron chi connectivity index (χ4n) is 11.6. The van der Waals surface area contributed by atoms with E-state index < -0.39 is 0 Å². The van der Waals surface area contributed by atoms with E-state index in [9.17, 15) is 0 Å². The third kappa shape index (κ3) is 4.80. The third-order valence-corrected chi connectivity index (χ3v) is 14.5. The Morgan fingerprint density at radius 1 is 0.492 bits per heavy atom. The summed E-state index contributed by atoms with van der Waals surface area (Å²) in [5.41, 5.74) is 17.6. The van der Waals surface area contributed by atoms with E-state index in [1.165, 1.54) is 104 Å². The average Bonchev–Trinajstić information content (AvgIpc) is 3.63. The number of fused-ring (bicyclic) bond motifs is 9. The smallest absolute Gasteiger partial charge is 0.0406 e. The van der Waals surface area contributed by atoms with Crippen LogP contribution in [-0.4, -0.2) is 0 Å². The van der Waals surface area contributed by atoms with Crippen molar-refractivity contribution in [2.75, 3.05) is 0 Å². The first-order chi connectivity index (χ1) is 28.7. The lowest BCUT2D eigenvalue weighted by atomic mass is 9.68. The second kappa shape index (κ2) is 12.2. The molecule has 9 aromatic rings. The molecule has 0 fully saturated rings. The highest BCUT2D eigenvalue weighted by molar-refractivity contribution is 6.14. The molecule has 12 rings (SSSR count). The lowest BCUT2D eigenvalue weighted by molar-refractivity contribution is 0.494. The van der Waals surface area contributed by atoms with Gasteiger partial charge in [-0.05, 0) is 147 Å². The van der Waals surface area contributed by atoms with Crippen molar-refractivity contribution in [1.82, 2.24) is 0 Å². The molecule has 2 unspecified atom stereocenters. The molecular weight excluding hydrogens is 709 g/mol. The summed E-state index contributed by atoms with van der Waals surface area (Å²) < 4.78 is 0. The van der Waals surface area contributed by atoms with Crippen molar-refractivity contribution >= 4 is 48.7 Å². The number of hydrogen-bond acceptors (Lipinski definition) is 0.